The third-order valence-electron chi connectivity index (χ3n) is 4.08. The molecule has 1 aliphatic carbocycles. The fourth-order valence-electron chi connectivity index (χ4n) is 3.56. The number of rotatable bonds is 1. The lowest BCUT2D eigenvalue weighted by molar-refractivity contribution is 0.258. The van der Waals surface area contributed by atoms with Gasteiger partial charge in [-0.05, 0) is 24.7 Å². The van der Waals surface area contributed by atoms with Gasteiger partial charge in [-0.15, -0.1) is 0 Å². The van der Waals surface area contributed by atoms with E-state index in [0.717, 1.165) is 23.9 Å². The van der Waals surface area contributed by atoms with Crippen LogP contribution in [0.3, 0.4) is 0 Å². The molecular weight excluding hydrogens is 146 g/mol. The molecule has 1 heteroatoms. The van der Waals surface area contributed by atoms with E-state index in [1.165, 1.54) is 31.4 Å². The number of piperidine rings is 1. The second kappa shape index (κ2) is 2.14. The molecule has 2 unspecified atom stereocenters. The van der Waals surface area contributed by atoms with E-state index in [9.17, 15) is 0 Å². The summed E-state index contributed by atoms with van der Waals surface area (Å²) in [6, 6.07) is 1.87. The minimum atomic E-state index is 0.898. The third-order valence-corrected chi connectivity index (χ3v) is 4.08. The standard InChI is InChI=1S/C11H17N/c1-3-9-10-5-8-4-7(2)6-12(8)11(9)10/h8-11H,2-6H2,1H3/t8?,9?,10-,11-/m1/s1. The summed E-state index contributed by atoms with van der Waals surface area (Å²) >= 11 is 0. The maximum Gasteiger partial charge on any atom is 0.0197 e. The zero-order valence-electron chi connectivity index (χ0n) is 7.79. The molecule has 0 aromatic carbocycles. The molecule has 0 bridgehead atoms. The van der Waals surface area contributed by atoms with Crippen LogP contribution >= 0.6 is 0 Å². The maximum absolute atomic E-state index is 4.10. The Bertz CT molecular complexity index is 233. The van der Waals surface area contributed by atoms with Crippen molar-refractivity contribution in [2.45, 2.75) is 38.3 Å². The highest BCUT2D eigenvalue weighted by Gasteiger charge is 2.60. The van der Waals surface area contributed by atoms with Gasteiger partial charge in [-0.1, -0.05) is 25.5 Å². The number of nitrogens with zero attached hydrogens (tertiary/aromatic N) is 1. The van der Waals surface area contributed by atoms with E-state index in [2.05, 4.69) is 18.4 Å². The SMILES string of the molecule is C=C1CC2C[C@@H]3C(CC)[C@H]3N2C1. The van der Waals surface area contributed by atoms with Crippen molar-refractivity contribution >= 4 is 0 Å². The van der Waals surface area contributed by atoms with Crippen LogP contribution in [0.1, 0.15) is 26.2 Å². The van der Waals surface area contributed by atoms with Gasteiger partial charge >= 0.3 is 0 Å². The summed E-state index contributed by atoms with van der Waals surface area (Å²) in [6.07, 6.45) is 4.16. The predicted octanol–water partition coefficient (Wildman–Crippen LogP) is 2.05. The van der Waals surface area contributed by atoms with E-state index < -0.39 is 0 Å². The monoisotopic (exact) mass is 163 g/mol. The predicted molar refractivity (Wildman–Crippen MR) is 49.9 cm³/mol. The number of hydrogen-bond acceptors (Lipinski definition) is 1. The lowest BCUT2D eigenvalue weighted by Crippen LogP contribution is -2.28. The largest absolute Gasteiger partial charge is 0.293 e. The normalized spacial score (nSPS) is 50.9. The van der Waals surface area contributed by atoms with Crippen molar-refractivity contribution in [1.82, 2.24) is 4.90 Å². The Morgan fingerprint density at radius 3 is 3.17 bits per heavy atom. The van der Waals surface area contributed by atoms with Gasteiger partial charge in [0.2, 0.25) is 0 Å². The highest BCUT2D eigenvalue weighted by atomic mass is 15.3. The summed E-state index contributed by atoms with van der Waals surface area (Å²) in [5, 5.41) is 0. The molecule has 12 heavy (non-hydrogen) atoms. The minimum Gasteiger partial charge on any atom is -0.293 e. The smallest absolute Gasteiger partial charge is 0.0197 e. The topological polar surface area (TPSA) is 3.24 Å². The molecule has 0 radical (unpaired) electrons. The summed E-state index contributed by atoms with van der Waals surface area (Å²) < 4.78 is 0. The van der Waals surface area contributed by atoms with Gasteiger partial charge in [0, 0.05) is 18.6 Å². The Kier molecular flexibility index (Phi) is 1.27. The Labute approximate surface area is 74.4 Å². The van der Waals surface area contributed by atoms with Crippen LogP contribution in [0.4, 0.5) is 0 Å². The first-order chi connectivity index (χ1) is 5.81. The fraction of sp³-hybridized carbons (Fsp3) is 0.818. The lowest BCUT2D eigenvalue weighted by atomic mass is 10.1. The van der Waals surface area contributed by atoms with Gasteiger partial charge in [-0.25, -0.2) is 0 Å². The molecule has 2 saturated heterocycles. The highest BCUT2D eigenvalue weighted by Crippen LogP contribution is 2.57. The van der Waals surface area contributed by atoms with Crippen LogP contribution < -0.4 is 0 Å². The van der Waals surface area contributed by atoms with E-state index in [1.54, 1.807) is 0 Å². The Morgan fingerprint density at radius 1 is 1.58 bits per heavy atom. The molecule has 4 atom stereocenters. The van der Waals surface area contributed by atoms with Gasteiger partial charge in [-0.2, -0.15) is 0 Å². The van der Waals surface area contributed by atoms with Crippen LogP contribution in [-0.4, -0.2) is 23.5 Å². The summed E-state index contributed by atoms with van der Waals surface area (Å²) in [4.78, 5) is 2.72. The molecule has 2 aliphatic heterocycles. The van der Waals surface area contributed by atoms with Crippen molar-refractivity contribution in [3.8, 4) is 0 Å². The van der Waals surface area contributed by atoms with Gasteiger partial charge in [0.05, 0.1) is 0 Å². The average molecular weight is 163 g/mol. The second-order valence-corrected chi connectivity index (χ2v) is 4.74. The molecule has 2 heterocycles. The molecule has 3 rings (SSSR count). The number of fused-ring (bicyclic) bond motifs is 3. The fourth-order valence-corrected chi connectivity index (χ4v) is 3.56. The first kappa shape index (κ1) is 7.14. The van der Waals surface area contributed by atoms with Gasteiger partial charge < -0.3 is 0 Å². The molecular formula is C11H17N. The van der Waals surface area contributed by atoms with Crippen LogP contribution in [0, 0.1) is 11.8 Å². The zero-order chi connectivity index (χ0) is 8.29. The van der Waals surface area contributed by atoms with Gasteiger partial charge in [-0.3, -0.25) is 4.90 Å². The molecule has 0 amide bonds. The molecule has 1 saturated carbocycles. The van der Waals surface area contributed by atoms with Gasteiger partial charge in [0.25, 0.3) is 0 Å². The van der Waals surface area contributed by atoms with Crippen molar-refractivity contribution < 1.29 is 0 Å². The van der Waals surface area contributed by atoms with Crippen LogP contribution in [-0.2, 0) is 0 Å². The Balaban J connectivity index is 1.77. The average Bonchev–Trinajstić information content (AvgIpc) is 2.40. The lowest BCUT2D eigenvalue weighted by Gasteiger charge is -2.19. The van der Waals surface area contributed by atoms with E-state index in [4.69, 9.17) is 0 Å². The van der Waals surface area contributed by atoms with E-state index in [-0.39, 0.29) is 0 Å². The molecule has 0 spiro atoms. The van der Waals surface area contributed by atoms with Crippen LogP contribution in [0.25, 0.3) is 0 Å². The molecule has 0 aromatic heterocycles. The van der Waals surface area contributed by atoms with E-state index in [1.807, 2.05) is 0 Å². The van der Waals surface area contributed by atoms with Gasteiger partial charge in [0.1, 0.15) is 0 Å². The minimum absolute atomic E-state index is 0.898. The van der Waals surface area contributed by atoms with Crippen molar-refractivity contribution in [2.75, 3.05) is 6.54 Å². The molecule has 0 aromatic rings. The zero-order valence-corrected chi connectivity index (χ0v) is 7.79. The Hall–Kier alpha value is -0.300. The first-order valence-electron chi connectivity index (χ1n) is 5.23. The molecule has 3 fully saturated rings. The maximum atomic E-state index is 4.10. The van der Waals surface area contributed by atoms with Gasteiger partial charge in [0.15, 0.2) is 0 Å². The summed E-state index contributed by atoms with van der Waals surface area (Å²) in [5.74, 6) is 2.13. The third kappa shape index (κ3) is 0.731. The quantitative estimate of drug-likeness (QED) is 0.535. The highest BCUT2D eigenvalue weighted by molar-refractivity contribution is 5.21. The van der Waals surface area contributed by atoms with Crippen molar-refractivity contribution in [1.29, 1.82) is 0 Å². The first-order valence-corrected chi connectivity index (χ1v) is 5.23. The van der Waals surface area contributed by atoms with E-state index >= 15 is 0 Å². The number of hydrogen-bond donors (Lipinski definition) is 0. The Morgan fingerprint density at radius 2 is 2.42 bits per heavy atom. The summed E-state index contributed by atoms with van der Waals surface area (Å²) in [5.41, 5.74) is 1.47. The summed E-state index contributed by atoms with van der Waals surface area (Å²) in [6.45, 7) is 7.65. The molecule has 1 nitrogen and oxygen atoms in total. The molecule has 0 N–H and O–H groups in total. The summed E-state index contributed by atoms with van der Waals surface area (Å²) in [7, 11) is 0. The second-order valence-electron chi connectivity index (χ2n) is 4.74. The van der Waals surface area contributed by atoms with Crippen molar-refractivity contribution in [3.05, 3.63) is 12.2 Å². The molecule has 66 valence electrons. The van der Waals surface area contributed by atoms with Crippen LogP contribution in [0.15, 0.2) is 12.2 Å². The van der Waals surface area contributed by atoms with Crippen LogP contribution in [0.5, 0.6) is 0 Å². The molecule has 3 aliphatic rings. The van der Waals surface area contributed by atoms with Crippen LogP contribution in [0.2, 0.25) is 0 Å². The van der Waals surface area contributed by atoms with E-state index in [0.29, 0.717) is 0 Å². The van der Waals surface area contributed by atoms with Crippen molar-refractivity contribution in [2.24, 2.45) is 11.8 Å². The van der Waals surface area contributed by atoms with Crippen molar-refractivity contribution in [3.63, 3.8) is 0 Å².